The van der Waals surface area contributed by atoms with Gasteiger partial charge in [-0.25, -0.2) is 4.68 Å². The average Bonchev–Trinajstić information content (AvgIpc) is 2.12. The third-order valence-corrected chi connectivity index (χ3v) is 2.12. The number of hydrogen-bond acceptors (Lipinski definition) is 2. The Bertz CT molecular complexity index is 229. The average molecular weight is 174 g/mol. The van der Waals surface area contributed by atoms with Crippen molar-refractivity contribution in [1.82, 2.24) is 9.78 Å². The Morgan fingerprint density at radius 2 is 2.27 bits per heavy atom. The standard InChI is InChI=1S/C7H11N3.ClH/c8-7-4-5-9-10(7)6-2-1-3-6;/h4-6H,1-3,8H2;1H. The highest BCUT2D eigenvalue weighted by atomic mass is 35.5. The number of halogens is 1. The lowest BCUT2D eigenvalue weighted by atomic mass is 9.93. The van der Waals surface area contributed by atoms with Crippen LogP contribution in [0.1, 0.15) is 25.3 Å². The molecular weight excluding hydrogens is 162 g/mol. The maximum atomic E-state index is 5.65. The lowest BCUT2D eigenvalue weighted by Crippen LogP contribution is -2.19. The molecule has 1 aliphatic carbocycles. The number of anilines is 1. The Hall–Kier alpha value is -0.700. The molecule has 1 saturated carbocycles. The van der Waals surface area contributed by atoms with E-state index in [4.69, 9.17) is 5.73 Å². The van der Waals surface area contributed by atoms with Gasteiger partial charge in [0.25, 0.3) is 0 Å². The van der Waals surface area contributed by atoms with Gasteiger partial charge in [0.1, 0.15) is 5.82 Å². The molecule has 0 unspecified atom stereocenters. The predicted octanol–water partition coefficient (Wildman–Crippen LogP) is 1.61. The SMILES string of the molecule is Cl.Nc1ccnn1C1CCC1. The summed E-state index contributed by atoms with van der Waals surface area (Å²) in [7, 11) is 0. The number of nitrogens with zero attached hydrogens (tertiary/aromatic N) is 2. The second-order valence-corrected chi connectivity index (χ2v) is 2.79. The fourth-order valence-electron chi connectivity index (χ4n) is 1.26. The Kier molecular flexibility index (Phi) is 2.39. The van der Waals surface area contributed by atoms with Crippen molar-refractivity contribution in [2.24, 2.45) is 0 Å². The molecule has 62 valence electrons. The molecule has 0 spiro atoms. The minimum Gasteiger partial charge on any atom is -0.384 e. The van der Waals surface area contributed by atoms with E-state index in [0.717, 1.165) is 5.82 Å². The van der Waals surface area contributed by atoms with Crippen LogP contribution < -0.4 is 5.73 Å². The molecule has 1 aromatic heterocycles. The van der Waals surface area contributed by atoms with E-state index in [0.29, 0.717) is 6.04 Å². The van der Waals surface area contributed by atoms with E-state index in [1.807, 2.05) is 10.7 Å². The third kappa shape index (κ3) is 1.33. The molecule has 11 heavy (non-hydrogen) atoms. The first kappa shape index (κ1) is 8.40. The molecule has 0 aliphatic heterocycles. The van der Waals surface area contributed by atoms with Gasteiger partial charge in [0.05, 0.1) is 12.2 Å². The lowest BCUT2D eigenvalue weighted by molar-refractivity contribution is 0.293. The van der Waals surface area contributed by atoms with Crippen molar-refractivity contribution in [2.75, 3.05) is 5.73 Å². The Labute approximate surface area is 72.0 Å². The molecule has 1 heterocycles. The van der Waals surface area contributed by atoms with Crippen LogP contribution >= 0.6 is 12.4 Å². The highest BCUT2D eigenvalue weighted by molar-refractivity contribution is 5.85. The maximum Gasteiger partial charge on any atom is 0.121 e. The van der Waals surface area contributed by atoms with Crippen molar-refractivity contribution in [3.63, 3.8) is 0 Å². The summed E-state index contributed by atoms with van der Waals surface area (Å²) in [6.07, 6.45) is 5.56. The third-order valence-electron chi connectivity index (χ3n) is 2.12. The van der Waals surface area contributed by atoms with Gasteiger partial charge in [0.2, 0.25) is 0 Å². The van der Waals surface area contributed by atoms with Gasteiger partial charge in [-0.05, 0) is 25.3 Å². The van der Waals surface area contributed by atoms with E-state index in [1.54, 1.807) is 6.20 Å². The monoisotopic (exact) mass is 173 g/mol. The van der Waals surface area contributed by atoms with Crippen LogP contribution in [-0.2, 0) is 0 Å². The molecule has 1 aliphatic rings. The second-order valence-electron chi connectivity index (χ2n) is 2.79. The molecule has 0 amide bonds. The van der Waals surface area contributed by atoms with Crippen molar-refractivity contribution in [3.8, 4) is 0 Å². The van der Waals surface area contributed by atoms with Crippen LogP contribution in [-0.4, -0.2) is 9.78 Å². The zero-order chi connectivity index (χ0) is 6.97. The van der Waals surface area contributed by atoms with Crippen LogP contribution in [0, 0.1) is 0 Å². The zero-order valence-electron chi connectivity index (χ0n) is 6.23. The maximum absolute atomic E-state index is 5.65. The zero-order valence-corrected chi connectivity index (χ0v) is 7.05. The summed E-state index contributed by atoms with van der Waals surface area (Å²) in [6.45, 7) is 0. The lowest BCUT2D eigenvalue weighted by Gasteiger charge is -2.26. The number of rotatable bonds is 1. The first-order valence-electron chi connectivity index (χ1n) is 3.67. The van der Waals surface area contributed by atoms with Gasteiger partial charge in [-0.3, -0.25) is 0 Å². The largest absolute Gasteiger partial charge is 0.384 e. The second kappa shape index (κ2) is 3.13. The highest BCUT2D eigenvalue weighted by Gasteiger charge is 2.20. The fraction of sp³-hybridized carbons (Fsp3) is 0.571. The number of hydrogen-bond donors (Lipinski definition) is 1. The normalized spacial score (nSPS) is 17.1. The Morgan fingerprint density at radius 1 is 1.55 bits per heavy atom. The van der Waals surface area contributed by atoms with Gasteiger partial charge >= 0.3 is 0 Å². The van der Waals surface area contributed by atoms with Gasteiger partial charge in [0.15, 0.2) is 0 Å². The van der Waals surface area contributed by atoms with Crippen LogP contribution in [0.5, 0.6) is 0 Å². The summed E-state index contributed by atoms with van der Waals surface area (Å²) in [5, 5.41) is 4.13. The van der Waals surface area contributed by atoms with Gasteiger partial charge in [-0.2, -0.15) is 5.10 Å². The molecule has 4 heteroatoms. The van der Waals surface area contributed by atoms with Crippen molar-refractivity contribution < 1.29 is 0 Å². The summed E-state index contributed by atoms with van der Waals surface area (Å²) in [5.74, 6) is 0.796. The quantitative estimate of drug-likeness (QED) is 0.702. The summed E-state index contributed by atoms with van der Waals surface area (Å²) in [4.78, 5) is 0. The molecule has 0 bridgehead atoms. The minimum atomic E-state index is 0. The summed E-state index contributed by atoms with van der Waals surface area (Å²) in [6, 6.07) is 2.44. The van der Waals surface area contributed by atoms with Crippen LogP contribution in [0.3, 0.4) is 0 Å². The first-order valence-corrected chi connectivity index (χ1v) is 3.67. The van der Waals surface area contributed by atoms with E-state index in [2.05, 4.69) is 5.10 Å². The van der Waals surface area contributed by atoms with Crippen LogP contribution in [0.4, 0.5) is 5.82 Å². The summed E-state index contributed by atoms with van der Waals surface area (Å²) in [5.41, 5.74) is 5.65. The van der Waals surface area contributed by atoms with Gasteiger partial charge in [-0.15, -0.1) is 12.4 Å². The topological polar surface area (TPSA) is 43.8 Å². The van der Waals surface area contributed by atoms with Gasteiger partial charge in [-0.1, -0.05) is 0 Å². The molecule has 0 saturated heterocycles. The smallest absolute Gasteiger partial charge is 0.121 e. The highest BCUT2D eigenvalue weighted by Crippen LogP contribution is 2.32. The number of aromatic nitrogens is 2. The summed E-state index contributed by atoms with van der Waals surface area (Å²) < 4.78 is 1.92. The van der Waals surface area contributed by atoms with E-state index >= 15 is 0 Å². The number of nitrogens with two attached hydrogens (primary N) is 1. The van der Waals surface area contributed by atoms with Crippen LogP contribution in [0.15, 0.2) is 12.3 Å². The fourth-order valence-corrected chi connectivity index (χ4v) is 1.26. The molecule has 2 rings (SSSR count). The molecule has 2 N–H and O–H groups in total. The van der Waals surface area contributed by atoms with E-state index in [1.165, 1.54) is 19.3 Å². The van der Waals surface area contributed by atoms with Crippen molar-refractivity contribution in [2.45, 2.75) is 25.3 Å². The molecule has 1 fully saturated rings. The predicted molar refractivity (Wildman–Crippen MR) is 46.8 cm³/mol. The molecule has 0 aromatic carbocycles. The molecular formula is C7H12ClN3. The molecule has 1 aromatic rings. The summed E-state index contributed by atoms with van der Waals surface area (Å²) >= 11 is 0. The van der Waals surface area contributed by atoms with Crippen molar-refractivity contribution >= 4 is 18.2 Å². The minimum absolute atomic E-state index is 0. The molecule has 0 atom stereocenters. The number of nitrogen functional groups attached to an aromatic ring is 1. The van der Waals surface area contributed by atoms with Crippen LogP contribution in [0.2, 0.25) is 0 Å². The van der Waals surface area contributed by atoms with Crippen molar-refractivity contribution in [1.29, 1.82) is 0 Å². The van der Waals surface area contributed by atoms with Crippen LogP contribution in [0.25, 0.3) is 0 Å². The van der Waals surface area contributed by atoms with Gasteiger partial charge in [0, 0.05) is 0 Å². The van der Waals surface area contributed by atoms with Gasteiger partial charge < -0.3 is 5.73 Å². The molecule has 3 nitrogen and oxygen atoms in total. The Balaban J connectivity index is 0.000000605. The Morgan fingerprint density at radius 3 is 2.64 bits per heavy atom. The first-order chi connectivity index (χ1) is 4.88. The van der Waals surface area contributed by atoms with Crippen molar-refractivity contribution in [3.05, 3.63) is 12.3 Å². The van der Waals surface area contributed by atoms with E-state index < -0.39 is 0 Å². The van der Waals surface area contributed by atoms with E-state index in [-0.39, 0.29) is 12.4 Å². The molecule has 0 radical (unpaired) electrons. The van der Waals surface area contributed by atoms with E-state index in [9.17, 15) is 0 Å².